The number of aromatic nitrogens is 2. The van der Waals surface area contributed by atoms with E-state index in [0.717, 1.165) is 11.3 Å². The lowest BCUT2D eigenvalue weighted by Gasteiger charge is -2.08. The molecule has 6 nitrogen and oxygen atoms in total. The van der Waals surface area contributed by atoms with Crippen LogP contribution in [0.25, 0.3) is 10.2 Å². The van der Waals surface area contributed by atoms with Gasteiger partial charge in [-0.25, -0.2) is 4.98 Å². The molecule has 2 aromatic heterocycles. The Kier molecular flexibility index (Phi) is 5.14. The van der Waals surface area contributed by atoms with Crippen molar-refractivity contribution in [3.8, 4) is 11.5 Å². The first-order valence-electron chi connectivity index (χ1n) is 9.07. The van der Waals surface area contributed by atoms with Gasteiger partial charge in [0.15, 0.2) is 0 Å². The van der Waals surface area contributed by atoms with Crippen molar-refractivity contribution in [2.24, 2.45) is 7.05 Å². The van der Waals surface area contributed by atoms with Gasteiger partial charge in [0.2, 0.25) is 0 Å². The molecule has 146 valence electrons. The minimum Gasteiger partial charge on any atom is -0.457 e. The van der Waals surface area contributed by atoms with Gasteiger partial charge in [-0.3, -0.25) is 9.59 Å². The van der Waals surface area contributed by atoms with E-state index in [0.29, 0.717) is 33.0 Å². The van der Waals surface area contributed by atoms with E-state index in [9.17, 15) is 9.59 Å². The number of thiophene rings is 1. The molecule has 0 radical (unpaired) electrons. The van der Waals surface area contributed by atoms with Crippen LogP contribution in [0.1, 0.15) is 20.8 Å². The Labute approximate surface area is 171 Å². The number of amides is 1. The average molecular weight is 405 g/mol. The summed E-state index contributed by atoms with van der Waals surface area (Å²) in [7, 11) is 1.65. The van der Waals surface area contributed by atoms with Gasteiger partial charge in [-0.1, -0.05) is 30.3 Å². The number of nitrogens with one attached hydrogen (secondary N) is 1. The lowest BCUT2D eigenvalue weighted by molar-refractivity contribution is 0.0954. The van der Waals surface area contributed by atoms with Crippen LogP contribution >= 0.6 is 11.3 Å². The van der Waals surface area contributed by atoms with Crippen molar-refractivity contribution >= 4 is 27.5 Å². The van der Waals surface area contributed by atoms with Crippen molar-refractivity contribution in [1.29, 1.82) is 0 Å². The van der Waals surface area contributed by atoms with Gasteiger partial charge in [0.05, 0.1) is 16.6 Å². The van der Waals surface area contributed by atoms with Crippen LogP contribution in [0.5, 0.6) is 11.5 Å². The quantitative estimate of drug-likeness (QED) is 0.544. The third-order valence-electron chi connectivity index (χ3n) is 4.55. The molecular formula is C22H19N3O3S. The normalized spacial score (nSPS) is 10.8. The molecule has 4 aromatic rings. The SMILES string of the molecule is Cc1c(C(=O)NCc2cccc(Oc3ccccc3)c2)sc2ncn(C)c(=O)c12. The zero-order chi connectivity index (χ0) is 20.4. The molecule has 1 N–H and O–H groups in total. The number of benzene rings is 2. The van der Waals surface area contributed by atoms with Crippen molar-refractivity contribution in [2.45, 2.75) is 13.5 Å². The first kappa shape index (κ1) is 18.9. The second-order valence-electron chi connectivity index (χ2n) is 6.64. The number of carbonyl (C=O) groups excluding carboxylic acids is 1. The molecule has 2 heterocycles. The number of rotatable bonds is 5. The van der Waals surface area contributed by atoms with Gasteiger partial charge >= 0.3 is 0 Å². The fourth-order valence-corrected chi connectivity index (χ4v) is 4.09. The first-order chi connectivity index (χ1) is 14.0. The molecule has 0 fully saturated rings. The van der Waals surface area contributed by atoms with Crippen molar-refractivity contribution in [1.82, 2.24) is 14.9 Å². The second-order valence-corrected chi connectivity index (χ2v) is 7.64. The van der Waals surface area contributed by atoms with Gasteiger partial charge in [0.1, 0.15) is 16.3 Å². The third kappa shape index (κ3) is 3.90. The summed E-state index contributed by atoms with van der Waals surface area (Å²) in [5.74, 6) is 1.24. The molecule has 0 aliphatic heterocycles. The first-order valence-corrected chi connectivity index (χ1v) is 9.89. The van der Waals surface area contributed by atoms with Crippen molar-refractivity contribution in [3.63, 3.8) is 0 Å². The van der Waals surface area contributed by atoms with E-state index in [2.05, 4.69) is 10.3 Å². The van der Waals surface area contributed by atoms with Crippen LogP contribution in [-0.2, 0) is 13.6 Å². The highest BCUT2D eigenvalue weighted by atomic mass is 32.1. The minimum absolute atomic E-state index is 0.145. The van der Waals surface area contributed by atoms with Crippen LogP contribution in [0.4, 0.5) is 0 Å². The molecule has 0 aliphatic carbocycles. The van der Waals surface area contributed by atoms with Crippen LogP contribution in [0.2, 0.25) is 0 Å². The van der Waals surface area contributed by atoms with Crippen molar-refractivity contribution < 1.29 is 9.53 Å². The van der Waals surface area contributed by atoms with Gasteiger partial charge in [0.25, 0.3) is 11.5 Å². The zero-order valence-electron chi connectivity index (χ0n) is 16.0. The lowest BCUT2D eigenvalue weighted by Crippen LogP contribution is -2.22. The highest BCUT2D eigenvalue weighted by Gasteiger charge is 2.18. The maximum atomic E-state index is 12.7. The second kappa shape index (κ2) is 7.89. The van der Waals surface area contributed by atoms with Crippen LogP contribution in [0.15, 0.2) is 65.7 Å². The van der Waals surface area contributed by atoms with E-state index in [1.54, 1.807) is 14.0 Å². The monoisotopic (exact) mass is 405 g/mol. The minimum atomic E-state index is -0.220. The molecule has 0 saturated carbocycles. The molecule has 0 saturated heterocycles. The van der Waals surface area contributed by atoms with E-state index >= 15 is 0 Å². The molecule has 7 heteroatoms. The van der Waals surface area contributed by atoms with Crippen LogP contribution in [-0.4, -0.2) is 15.5 Å². The number of carbonyl (C=O) groups is 1. The number of aryl methyl sites for hydroxylation is 2. The summed E-state index contributed by atoms with van der Waals surface area (Å²) >= 11 is 1.23. The van der Waals surface area contributed by atoms with Gasteiger partial charge in [-0.05, 0) is 42.3 Å². The van der Waals surface area contributed by atoms with Crippen LogP contribution < -0.4 is 15.6 Å². The summed E-state index contributed by atoms with van der Waals surface area (Å²) in [6, 6.07) is 17.1. The lowest BCUT2D eigenvalue weighted by atomic mass is 10.2. The Morgan fingerprint density at radius 2 is 1.90 bits per heavy atom. The molecule has 2 aromatic carbocycles. The molecule has 0 bridgehead atoms. The topological polar surface area (TPSA) is 73.2 Å². The third-order valence-corrected chi connectivity index (χ3v) is 5.75. The Bertz CT molecular complexity index is 1250. The highest BCUT2D eigenvalue weighted by molar-refractivity contribution is 7.20. The summed E-state index contributed by atoms with van der Waals surface area (Å²) < 4.78 is 7.26. The summed E-state index contributed by atoms with van der Waals surface area (Å²) in [4.78, 5) is 30.4. The number of hydrogen-bond donors (Lipinski definition) is 1. The van der Waals surface area contributed by atoms with E-state index in [1.807, 2.05) is 54.6 Å². The number of fused-ring (bicyclic) bond motifs is 1. The largest absolute Gasteiger partial charge is 0.457 e. The predicted molar refractivity (Wildman–Crippen MR) is 114 cm³/mol. The molecule has 4 rings (SSSR count). The Hall–Kier alpha value is -3.45. The van der Waals surface area contributed by atoms with Crippen molar-refractivity contribution in [3.05, 3.63) is 87.3 Å². The average Bonchev–Trinajstić information content (AvgIpc) is 3.07. The van der Waals surface area contributed by atoms with Gasteiger partial charge in [-0.15, -0.1) is 11.3 Å². The molecule has 29 heavy (non-hydrogen) atoms. The van der Waals surface area contributed by atoms with Gasteiger partial charge in [0, 0.05) is 13.6 Å². The Morgan fingerprint density at radius 1 is 1.14 bits per heavy atom. The summed E-state index contributed by atoms with van der Waals surface area (Å²) in [6.07, 6.45) is 1.47. The number of para-hydroxylation sites is 1. The molecule has 0 atom stereocenters. The molecule has 0 aliphatic rings. The van der Waals surface area contributed by atoms with E-state index in [1.165, 1.54) is 22.2 Å². The van der Waals surface area contributed by atoms with E-state index < -0.39 is 0 Å². The standard InChI is InChI=1S/C22H19N3O3S/c1-14-18-21(24-13-25(2)22(18)27)29-19(14)20(26)23-12-15-7-6-10-17(11-15)28-16-8-4-3-5-9-16/h3-11,13H,12H2,1-2H3,(H,23,26). The van der Waals surface area contributed by atoms with Crippen LogP contribution in [0.3, 0.4) is 0 Å². The fraction of sp³-hybridized carbons (Fsp3) is 0.136. The smallest absolute Gasteiger partial charge is 0.262 e. The Balaban J connectivity index is 1.50. The summed E-state index contributed by atoms with van der Waals surface area (Å²) in [5, 5.41) is 3.42. The maximum Gasteiger partial charge on any atom is 0.262 e. The molecule has 1 amide bonds. The Morgan fingerprint density at radius 3 is 2.69 bits per heavy atom. The number of ether oxygens (including phenoxy) is 1. The van der Waals surface area contributed by atoms with E-state index in [4.69, 9.17) is 4.74 Å². The fourth-order valence-electron chi connectivity index (χ4n) is 3.03. The highest BCUT2D eigenvalue weighted by Crippen LogP contribution is 2.27. The maximum absolute atomic E-state index is 12.7. The molecular weight excluding hydrogens is 386 g/mol. The van der Waals surface area contributed by atoms with Gasteiger partial charge in [-0.2, -0.15) is 0 Å². The molecule has 0 unspecified atom stereocenters. The van der Waals surface area contributed by atoms with E-state index in [-0.39, 0.29) is 11.5 Å². The van der Waals surface area contributed by atoms with Crippen LogP contribution in [0, 0.1) is 6.92 Å². The number of nitrogens with zero attached hydrogens (tertiary/aromatic N) is 2. The zero-order valence-corrected chi connectivity index (χ0v) is 16.8. The molecule has 0 spiro atoms. The summed E-state index contributed by atoms with van der Waals surface area (Å²) in [6.45, 7) is 2.13. The summed E-state index contributed by atoms with van der Waals surface area (Å²) in [5.41, 5.74) is 1.44. The van der Waals surface area contributed by atoms with Crippen molar-refractivity contribution in [2.75, 3.05) is 0 Å². The predicted octanol–water partition coefficient (Wildman–Crippen LogP) is 4.03. The van der Waals surface area contributed by atoms with Gasteiger partial charge < -0.3 is 14.6 Å². The number of hydrogen-bond acceptors (Lipinski definition) is 5.